The molecule has 0 aliphatic heterocycles. The van der Waals surface area contributed by atoms with Gasteiger partial charge in [0.05, 0.1) is 17.1 Å². The van der Waals surface area contributed by atoms with Gasteiger partial charge in [0.1, 0.15) is 4.83 Å². The second kappa shape index (κ2) is 8.99. The molecule has 5 nitrogen and oxygen atoms in total. The van der Waals surface area contributed by atoms with Gasteiger partial charge < -0.3 is 10.6 Å². The second-order valence-corrected chi connectivity index (χ2v) is 6.80. The van der Waals surface area contributed by atoms with Crippen LogP contribution in [0.2, 0.25) is 0 Å². The third-order valence-electron chi connectivity index (χ3n) is 3.90. The van der Waals surface area contributed by atoms with Gasteiger partial charge in [0, 0.05) is 11.9 Å². The molecule has 0 atom stereocenters. The molecular weight excluding hydrogens is 356 g/mol. The van der Waals surface area contributed by atoms with Crippen LogP contribution in [0.25, 0.3) is 10.2 Å². The summed E-state index contributed by atoms with van der Waals surface area (Å²) in [6, 6.07) is 12.2. The highest BCUT2D eigenvalue weighted by molar-refractivity contribution is 7.20. The van der Waals surface area contributed by atoms with E-state index >= 15 is 0 Å². The van der Waals surface area contributed by atoms with E-state index in [9.17, 15) is 4.79 Å². The summed E-state index contributed by atoms with van der Waals surface area (Å²) in [5, 5.41) is 11.7. The van der Waals surface area contributed by atoms with E-state index in [4.69, 9.17) is 0 Å². The van der Waals surface area contributed by atoms with Crippen molar-refractivity contribution in [3.05, 3.63) is 52.5 Å². The molecule has 2 aromatic heterocycles. The highest BCUT2D eigenvalue weighted by Gasteiger charge is 2.16. The first-order valence-electron chi connectivity index (χ1n) is 8.12. The monoisotopic (exact) mass is 378 g/mol. The zero-order valence-electron chi connectivity index (χ0n) is 14.4. The molecular formula is C18H23ClN4OS. The lowest BCUT2D eigenvalue weighted by Gasteiger charge is -2.03. The van der Waals surface area contributed by atoms with Crippen molar-refractivity contribution in [2.45, 2.75) is 19.9 Å². The lowest BCUT2D eigenvalue weighted by molar-refractivity contribution is 0.0957. The van der Waals surface area contributed by atoms with Gasteiger partial charge in [-0.1, -0.05) is 30.3 Å². The van der Waals surface area contributed by atoms with Crippen LogP contribution in [0.15, 0.2) is 36.4 Å². The maximum Gasteiger partial charge on any atom is 0.261 e. The lowest BCUT2D eigenvalue weighted by atomic mass is 10.2. The number of carbonyl (C=O) groups excluding carboxylic acids is 1. The molecule has 25 heavy (non-hydrogen) atoms. The number of hydrogen-bond acceptors (Lipinski definition) is 4. The molecule has 0 bridgehead atoms. The van der Waals surface area contributed by atoms with Crippen LogP contribution >= 0.6 is 23.7 Å². The average Bonchev–Trinajstić information content (AvgIpc) is 3.14. The van der Waals surface area contributed by atoms with E-state index in [0.29, 0.717) is 6.54 Å². The van der Waals surface area contributed by atoms with Crippen LogP contribution in [0.5, 0.6) is 0 Å². The second-order valence-electron chi connectivity index (χ2n) is 5.77. The first-order valence-corrected chi connectivity index (χ1v) is 8.94. The topological polar surface area (TPSA) is 58.9 Å². The number of amides is 1. The van der Waals surface area contributed by atoms with Crippen LogP contribution in [0.1, 0.15) is 27.3 Å². The number of thiophene rings is 1. The van der Waals surface area contributed by atoms with E-state index in [-0.39, 0.29) is 18.3 Å². The van der Waals surface area contributed by atoms with Crippen LogP contribution in [0.3, 0.4) is 0 Å². The Morgan fingerprint density at radius 3 is 2.72 bits per heavy atom. The van der Waals surface area contributed by atoms with Gasteiger partial charge in [-0.05, 0) is 38.6 Å². The Morgan fingerprint density at radius 1 is 1.24 bits per heavy atom. The Labute approximate surface area is 157 Å². The number of nitrogens with one attached hydrogen (secondary N) is 2. The van der Waals surface area contributed by atoms with E-state index in [1.54, 1.807) is 0 Å². The van der Waals surface area contributed by atoms with Crippen LogP contribution < -0.4 is 10.6 Å². The molecule has 7 heteroatoms. The highest BCUT2D eigenvalue weighted by Crippen LogP contribution is 2.28. The van der Waals surface area contributed by atoms with Crippen molar-refractivity contribution in [3.8, 4) is 0 Å². The molecule has 0 unspecified atom stereocenters. The number of carbonyl (C=O) groups is 1. The molecule has 1 amide bonds. The zero-order chi connectivity index (χ0) is 16.9. The summed E-state index contributed by atoms with van der Waals surface area (Å²) in [5.41, 5.74) is 2.17. The summed E-state index contributed by atoms with van der Waals surface area (Å²) in [4.78, 5) is 14.1. The quantitative estimate of drug-likeness (QED) is 0.620. The van der Waals surface area contributed by atoms with E-state index < -0.39 is 0 Å². The highest BCUT2D eigenvalue weighted by atomic mass is 35.5. The van der Waals surface area contributed by atoms with Crippen molar-refractivity contribution >= 4 is 39.9 Å². The smallest absolute Gasteiger partial charge is 0.261 e. The molecule has 0 spiro atoms. The van der Waals surface area contributed by atoms with Gasteiger partial charge in [0.2, 0.25) is 0 Å². The Balaban J connectivity index is 0.00000225. The molecule has 0 radical (unpaired) electrons. The minimum atomic E-state index is -0.00189. The van der Waals surface area contributed by atoms with Crippen LogP contribution in [0, 0.1) is 6.92 Å². The standard InChI is InChI=1S/C18H22N4OS.ClH/c1-13-15-11-16(17(23)20-10-6-9-19-2)24-18(15)22(21-13)12-14-7-4-3-5-8-14;/h3-5,7-8,11,19H,6,9-10,12H2,1-2H3,(H,20,23);1H. The predicted molar refractivity (Wildman–Crippen MR) is 106 cm³/mol. The molecule has 3 rings (SSSR count). The summed E-state index contributed by atoms with van der Waals surface area (Å²) in [5.74, 6) is -0.00189. The molecule has 0 aliphatic rings. The van der Waals surface area contributed by atoms with E-state index in [2.05, 4.69) is 27.9 Å². The molecule has 1 aromatic carbocycles. The average molecular weight is 379 g/mol. The number of nitrogens with zero attached hydrogens (tertiary/aromatic N) is 2. The van der Waals surface area contributed by atoms with E-state index in [0.717, 1.165) is 40.3 Å². The first-order chi connectivity index (χ1) is 11.7. The summed E-state index contributed by atoms with van der Waals surface area (Å²) in [6.45, 7) is 4.29. The van der Waals surface area contributed by atoms with Crippen LogP contribution in [-0.2, 0) is 6.54 Å². The van der Waals surface area contributed by atoms with Crippen molar-refractivity contribution in [2.75, 3.05) is 20.1 Å². The Kier molecular flexibility index (Phi) is 6.99. The Bertz CT molecular complexity index is 828. The molecule has 0 aliphatic carbocycles. The van der Waals surface area contributed by atoms with Crippen LogP contribution in [0.4, 0.5) is 0 Å². The van der Waals surface area contributed by atoms with Gasteiger partial charge in [-0.3, -0.25) is 9.48 Å². The predicted octanol–water partition coefficient (Wildman–Crippen LogP) is 3.22. The van der Waals surface area contributed by atoms with E-state index in [1.807, 2.05) is 42.9 Å². The van der Waals surface area contributed by atoms with Gasteiger partial charge in [-0.15, -0.1) is 23.7 Å². The summed E-state index contributed by atoms with van der Waals surface area (Å²) in [6.07, 6.45) is 0.925. The summed E-state index contributed by atoms with van der Waals surface area (Å²) >= 11 is 1.51. The number of halogens is 1. The van der Waals surface area contributed by atoms with Crippen molar-refractivity contribution in [1.29, 1.82) is 0 Å². The van der Waals surface area contributed by atoms with Crippen molar-refractivity contribution in [2.24, 2.45) is 0 Å². The van der Waals surface area contributed by atoms with Gasteiger partial charge in [-0.25, -0.2) is 0 Å². The number of rotatable bonds is 7. The third-order valence-corrected chi connectivity index (χ3v) is 5.04. The normalized spacial score (nSPS) is 10.6. The first kappa shape index (κ1) is 19.4. The van der Waals surface area contributed by atoms with E-state index in [1.165, 1.54) is 16.9 Å². The zero-order valence-corrected chi connectivity index (χ0v) is 16.0. The maximum atomic E-state index is 12.3. The third kappa shape index (κ3) is 4.60. The molecule has 0 saturated heterocycles. The molecule has 2 N–H and O–H groups in total. The Hall–Kier alpha value is -1.89. The largest absolute Gasteiger partial charge is 0.351 e. The fourth-order valence-electron chi connectivity index (χ4n) is 2.64. The molecule has 134 valence electrons. The Morgan fingerprint density at radius 2 is 2.00 bits per heavy atom. The summed E-state index contributed by atoms with van der Waals surface area (Å²) < 4.78 is 1.99. The van der Waals surface area contributed by atoms with Crippen LogP contribution in [-0.4, -0.2) is 35.8 Å². The number of benzene rings is 1. The minimum absolute atomic E-state index is 0. The molecule has 3 aromatic rings. The van der Waals surface area contributed by atoms with Gasteiger partial charge in [0.25, 0.3) is 5.91 Å². The number of fused-ring (bicyclic) bond motifs is 1. The van der Waals surface area contributed by atoms with Gasteiger partial charge >= 0.3 is 0 Å². The van der Waals surface area contributed by atoms with Gasteiger partial charge in [0.15, 0.2) is 0 Å². The summed E-state index contributed by atoms with van der Waals surface area (Å²) in [7, 11) is 1.91. The SMILES string of the molecule is CNCCCNC(=O)c1cc2c(C)nn(Cc3ccccc3)c2s1.Cl. The maximum absolute atomic E-state index is 12.3. The number of aromatic nitrogens is 2. The van der Waals surface area contributed by atoms with Crippen molar-refractivity contribution < 1.29 is 4.79 Å². The number of aryl methyl sites for hydroxylation is 1. The molecule has 2 heterocycles. The lowest BCUT2D eigenvalue weighted by Crippen LogP contribution is -2.25. The minimum Gasteiger partial charge on any atom is -0.351 e. The molecule has 0 saturated carbocycles. The van der Waals surface area contributed by atoms with Crippen molar-refractivity contribution in [3.63, 3.8) is 0 Å². The fraction of sp³-hybridized carbons (Fsp3) is 0.333. The van der Waals surface area contributed by atoms with Crippen molar-refractivity contribution in [1.82, 2.24) is 20.4 Å². The molecule has 0 fully saturated rings. The number of hydrogen-bond donors (Lipinski definition) is 2. The van der Waals surface area contributed by atoms with Gasteiger partial charge in [-0.2, -0.15) is 5.10 Å². The fourth-order valence-corrected chi connectivity index (χ4v) is 3.72.